The van der Waals surface area contributed by atoms with E-state index in [1.165, 1.54) is 0 Å². The smallest absolute Gasteiger partial charge is 0.227 e. The summed E-state index contributed by atoms with van der Waals surface area (Å²) in [6.45, 7) is 3.47. The number of fused-ring (bicyclic) bond motifs is 1. The summed E-state index contributed by atoms with van der Waals surface area (Å²) >= 11 is 0. The molecule has 5 nitrogen and oxygen atoms in total. The number of amides is 1. The van der Waals surface area contributed by atoms with Gasteiger partial charge in [-0.05, 0) is 50.4 Å². The fraction of sp³-hybridized carbons (Fsp3) is 0.500. The van der Waals surface area contributed by atoms with E-state index in [0.717, 1.165) is 42.4 Å². The Labute approximate surface area is 136 Å². The van der Waals surface area contributed by atoms with Gasteiger partial charge in [-0.15, -0.1) is 12.4 Å². The number of rotatable bonds is 4. The van der Waals surface area contributed by atoms with Crippen LogP contribution in [0.1, 0.15) is 26.2 Å². The van der Waals surface area contributed by atoms with Crippen LogP contribution in [0.4, 0.5) is 5.69 Å². The van der Waals surface area contributed by atoms with Gasteiger partial charge >= 0.3 is 0 Å². The Kier molecular flexibility index (Phi) is 5.42. The minimum atomic E-state index is 0. The van der Waals surface area contributed by atoms with Gasteiger partial charge in [-0.1, -0.05) is 6.42 Å². The summed E-state index contributed by atoms with van der Waals surface area (Å²) in [5, 5.41) is 8.46. The second-order valence-electron chi connectivity index (χ2n) is 5.76. The summed E-state index contributed by atoms with van der Waals surface area (Å²) in [5.41, 5.74) is 7.65. The molecule has 1 aromatic heterocycles. The quantitative estimate of drug-likeness (QED) is 0.909. The van der Waals surface area contributed by atoms with Gasteiger partial charge in [0.05, 0.1) is 11.7 Å². The van der Waals surface area contributed by atoms with Gasteiger partial charge in [0.2, 0.25) is 5.91 Å². The Morgan fingerprint density at radius 2 is 2.27 bits per heavy atom. The van der Waals surface area contributed by atoms with Crippen molar-refractivity contribution in [2.24, 2.45) is 17.6 Å². The second kappa shape index (κ2) is 7.11. The molecule has 0 saturated heterocycles. The predicted octanol–water partition coefficient (Wildman–Crippen LogP) is 2.79. The fourth-order valence-electron chi connectivity index (χ4n) is 3.30. The van der Waals surface area contributed by atoms with Crippen LogP contribution in [0.5, 0.6) is 0 Å². The van der Waals surface area contributed by atoms with Gasteiger partial charge in [0.25, 0.3) is 0 Å². The average Bonchev–Trinajstić information content (AvgIpc) is 3.13. The zero-order valence-corrected chi connectivity index (χ0v) is 13.6. The molecule has 0 spiro atoms. The zero-order valence-electron chi connectivity index (χ0n) is 12.8. The largest absolute Gasteiger partial charge is 0.330 e. The molecule has 2 aromatic rings. The number of nitrogens with zero attached hydrogens (tertiary/aromatic N) is 2. The maximum absolute atomic E-state index is 12.4. The minimum Gasteiger partial charge on any atom is -0.330 e. The summed E-state index contributed by atoms with van der Waals surface area (Å²) in [7, 11) is 0. The summed E-state index contributed by atoms with van der Waals surface area (Å²) in [5.74, 6) is 0.488. The van der Waals surface area contributed by atoms with Crippen LogP contribution < -0.4 is 11.1 Å². The van der Waals surface area contributed by atoms with Gasteiger partial charge < -0.3 is 11.1 Å². The van der Waals surface area contributed by atoms with E-state index in [0.29, 0.717) is 12.5 Å². The Morgan fingerprint density at radius 3 is 3.00 bits per heavy atom. The third kappa shape index (κ3) is 3.10. The molecule has 120 valence electrons. The van der Waals surface area contributed by atoms with Crippen molar-refractivity contribution in [3.05, 3.63) is 24.4 Å². The second-order valence-corrected chi connectivity index (χ2v) is 5.76. The van der Waals surface area contributed by atoms with Crippen molar-refractivity contribution in [3.8, 4) is 0 Å². The van der Waals surface area contributed by atoms with Gasteiger partial charge in [0.1, 0.15) is 0 Å². The van der Waals surface area contributed by atoms with Crippen molar-refractivity contribution in [2.75, 3.05) is 11.9 Å². The third-order valence-electron chi connectivity index (χ3n) is 4.51. The van der Waals surface area contributed by atoms with Crippen molar-refractivity contribution in [3.63, 3.8) is 0 Å². The number of benzene rings is 1. The first-order valence-corrected chi connectivity index (χ1v) is 7.69. The Morgan fingerprint density at radius 1 is 1.45 bits per heavy atom. The molecule has 3 rings (SSSR count). The lowest BCUT2D eigenvalue weighted by Crippen LogP contribution is -2.29. The van der Waals surface area contributed by atoms with E-state index in [-0.39, 0.29) is 24.2 Å². The topological polar surface area (TPSA) is 72.9 Å². The van der Waals surface area contributed by atoms with Crippen LogP contribution in [0.3, 0.4) is 0 Å². The fourth-order valence-corrected chi connectivity index (χ4v) is 3.30. The first-order valence-electron chi connectivity index (χ1n) is 7.69. The molecule has 3 N–H and O–H groups in total. The van der Waals surface area contributed by atoms with Crippen molar-refractivity contribution < 1.29 is 4.79 Å². The predicted molar refractivity (Wildman–Crippen MR) is 91.2 cm³/mol. The molecule has 1 aromatic carbocycles. The van der Waals surface area contributed by atoms with Crippen molar-refractivity contribution in [2.45, 2.75) is 32.7 Å². The monoisotopic (exact) mass is 322 g/mol. The molecule has 0 aliphatic heterocycles. The summed E-state index contributed by atoms with van der Waals surface area (Å²) in [4.78, 5) is 12.4. The number of hydrogen-bond acceptors (Lipinski definition) is 3. The van der Waals surface area contributed by atoms with Crippen LogP contribution >= 0.6 is 12.4 Å². The van der Waals surface area contributed by atoms with Gasteiger partial charge in [0.15, 0.2) is 0 Å². The van der Waals surface area contributed by atoms with Gasteiger partial charge in [-0.25, -0.2) is 0 Å². The molecule has 6 heteroatoms. The highest BCUT2D eigenvalue weighted by Crippen LogP contribution is 2.32. The SMILES string of the molecule is CCn1ncc2ccc(NC(=O)[C@@H]3CCC[C@@H]3CN)cc21.Cl. The molecule has 0 bridgehead atoms. The van der Waals surface area contributed by atoms with Gasteiger partial charge in [-0.2, -0.15) is 5.10 Å². The van der Waals surface area contributed by atoms with E-state index in [9.17, 15) is 4.79 Å². The third-order valence-corrected chi connectivity index (χ3v) is 4.51. The highest BCUT2D eigenvalue weighted by molar-refractivity contribution is 5.95. The van der Waals surface area contributed by atoms with Crippen molar-refractivity contribution >= 4 is 34.9 Å². The number of aryl methyl sites for hydroxylation is 1. The highest BCUT2D eigenvalue weighted by Gasteiger charge is 2.31. The van der Waals surface area contributed by atoms with Crippen LogP contribution in [-0.2, 0) is 11.3 Å². The van der Waals surface area contributed by atoms with E-state index in [4.69, 9.17) is 5.73 Å². The number of anilines is 1. The number of halogens is 1. The maximum Gasteiger partial charge on any atom is 0.227 e. The number of hydrogen-bond donors (Lipinski definition) is 2. The number of carbonyl (C=O) groups is 1. The number of carbonyl (C=O) groups excluding carboxylic acids is 1. The number of nitrogens with two attached hydrogens (primary N) is 1. The molecular weight excluding hydrogens is 300 g/mol. The zero-order chi connectivity index (χ0) is 14.8. The van der Waals surface area contributed by atoms with Crippen LogP contribution in [-0.4, -0.2) is 22.2 Å². The van der Waals surface area contributed by atoms with E-state index in [2.05, 4.69) is 17.3 Å². The normalized spacial score (nSPS) is 20.8. The highest BCUT2D eigenvalue weighted by atomic mass is 35.5. The molecule has 1 fully saturated rings. The first kappa shape index (κ1) is 16.8. The van der Waals surface area contributed by atoms with Crippen molar-refractivity contribution in [1.29, 1.82) is 0 Å². The molecule has 22 heavy (non-hydrogen) atoms. The average molecular weight is 323 g/mol. The molecular formula is C16H23ClN4O. The Hall–Kier alpha value is -1.59. The first-order chi connectivity index (χ1) is 10.2. The van der Waals surface area contributed by atoms with Crippen LogP contribution in [0, 0.1) is 11.8 Å². The summed E-state index contributed by atoms with van der Waals surface area (Å²) in [6, 6.07) is 5.93. The van der Waals surface area contributed by atoms with Gasteiger partial charge in [0, 0.05) is 23.5 Å². The van der Waals surface area contributed by atoms with Crippen LogP contribution in [0.25, 0.3) is 10.9 Å². The summed E-state index contributed by atoms with van der Waals surface area (Å²) in [6.07, 6.45) is 4.96. The standard InChI is InChI=1S/C16H22N4O.ClH/c1-2-20-15-8-13(7-6-12(15)10-18-20)19-16(21)14-5-3-4-11(14)9-17;/h6-8,10-11,14H,2-5,9,17H2,1H3,(H,19,21);1H/t11-,14-;/m1./s1. The van der Waals surface area contributed by atoms with E-state index >= 15 is 0 Å². The number of aromatic nitrogens is 2. The summed E-state index contributed by atoms with van der Waals surface area (Å²) < 4.78 is 1.93. The number of nitrogens with one attached hydrogen (secondary N) is 1. The van der Waals surface area contributed by atoms with Crippen molar-refractivity contribution in [1.82, 2.24) is 9.78 Å². The molecule has 1 saturated carbocycles. The van der Waals surface area contributed by atoms with E-state index < -0.39 is 0 Å². The molecule has 1 amide bonds. The molecule has 1 heterocycles. The molecule has 0 unspecified atom stereocenters. The lowest BCUT2D eigenvalue weighted by molar-refractivity contribution is -0.120. The van der Waals surface area contributed by atoms with E-state index in [1.807, 2.05) is 29.1 Å². The van der Waals surface area contributed by atoms with Gasteiger partial charge in [-0.3, -0.25) is 9.48 Å². The molecule has 1 aliphatic rings. The van der Waals surface area contributed by atoms with Crippen LogP contribution in [0.2, 0.25) is 0 Å². The lowest BCUT2D eigenvalue weighted by atomic mass is 9.95. The Balaban J connectivity index is 0.00000176. The maximum atomic E-state index is 12.4. The lowest BCUT2D eigenvalue weighted by Gasteiger charge is -2.17. The van der Waals surface area contributed by atoms with E-state index in [1.54, 1.807) is 0 Å². The Bertz CT molecular complexity index is 655. The minimum absolute atomic E-state index is 0. The van der Waals surface area contributed by atoms with Crippen LogP contribution in [0.15, 0.2) is 24.4 Å². The molecule has 0 radical (unpaired) electrons. The molecule has 2 atom stereocenters. The molecule has 1 aliphatic carbocycles.